The summed E-state index contributed by atoms with van der Waals surface area (Å²) < 4.78 is 6.88. The first-order valence-electron chi connectivity index (χ1n) is 10.5. The first-order chi connectivity index (χ1) is 16.2. The van der Waals surface area contributed by atoms with E-state index in [9.17, 15) is 4.79 Å². The molecule has 0 fully saturated rings. The number of anilines is 2. The fourth-order valence-corrected chi connectivity index (χ4v) is 3.67. The number of hydrogen-bond donors (Lipinski definition) is 1. The maximum atomic E-state index is 11.7. The molecule has 0 aliphatic rings. The molecule has 0 radical (unpaired) electrons. The van der Waals surface area contributed by atoms with E-state index in [4.69, 9.17) is 9.72 Å². The van der Waals surface area contributed by atoms with Crippen molar-refractivity contribution in [3.8, 4) is 11.3 Å². The number of para-hydroxylation sites is 2. The second-order valence-corrected chi connectivity index (χ2v) is 7.46. The van der Waals surface area contributed by atoms with Crippen LogP contribution in [-0.2, 0) is 11.3 Å². The van der Waals surface area contributed by atoms with Crippen LogP contribution in [0.15, 0.2) is 91.1 Å². The molecule has 0 amide bonds. The zero-order chi connectivity index (χ0) is 22.6. The molecular formula is C26H21N5O2. The first-order valence-corrected chi connectivity index (χ1v) is 10.5. The zero-order valence-corrected chi connectivity index (χ0v) is 18.0. The van der Waals surface area contributed by atoms with Crippen molar-refractivity contribution in [3.05, 3.63) is 102 Å². The van der Waals surface area contributed by atoms with Crippen LogP contribution in [0.4, 0.5) is 11.9 Å². The lowest BCUT2D eigenvalue weighted by molar-refractivity contribution is 0.0600. The van der Waals surface area contributed by atoms with Crippen molar-refractivity contribution < 1.29 is 9.53 Å². The molecule has 0 saturated heterocycles. The number of nitrogens with one attached hydrogen (secondary N) is 1. The monoisotopic (exact) mass is 435 g/mol. The summed E-state index contributed by atoms with van der Waals surface area (Å²) in [6, 6.07) is 27.2. The second-order valence-electron chi connectivity index (χ2n) is 7.46. The number of fused-ring (bicyclic) bond motifs is 1. The molecule has 0 aliphatic carbocycles. The maximum absolute atomic E-state index is 11.7. The molecule has 1 N–H and O–H groups in total. The Kier molecular flexibility index (Phi) is 5.51. The molecule has 0 bridgehead atoms. The molecule has 0 unspecified atom stereocenters. The van der Waals surface area contributed by atoms with Crippen LogP contribution in [0.1, 0.15) is 15.9 Å². The molecule has 0 aliphatic heterocycles. The average Bonchev–Trinajstić information content (AvgIpc) is 3.21. The number of methoxy groups -OCH3 is 1. The molecule has 0 saturated carbocycles. The van der Waals surface area contributed by atoms with E-state index < -0.39 is 0 Å². The van der Waals surface area contributed by atoms with Gasteiger partial charge >= 0.3 is 5.97 Å². The van der Waals surface area contributed by atoms with Crippen LogP contribution in [-0.4, -0.2) is 32.6 Å². The van der Waals surface area contributed by atoms with Crippen molar-refractivity contribution in [3.63, 3.8) is 0 Å². The minimum Gasteiger partial charge on any atom is -0.465 e. The highest BCUT2D eigenvalue weighted by atomic mass is 16.5. The molecule has 33 heavy (non-hydrogen) atoms. The molecule has 162 valence electrons. The lowest BCUT2D eigenvalue weighted by Crippen LogP contribution is -2.07. The topological polar surface area (TPSA) is 81.9 Å². The van der Waals surface area contributed by atoms with E-state index in [1.807, 2.05) is 54.6 Å². The third kappa shape index (κ3) is 4.29. The Labute approximate surface area is 190 Å². The number of hydrogen-bond acceptors (Lipinski definition) is 6. The summed E-state index contributed by atoms with van der Waals surface area (Å²) in [5.74, 6) is 0.733. The van der Waals surface area contributed by atoms with Crippen molar-refractivity contribution in [2.45, 2.75) is 6.54 Å². The van der Waals surface area contributed by atoms with Gasteiger partial charge in [0.05, 0.1) is 35.9 Å². The Morgan fingerprint density at radius 2 is 1.67 bits per heavy atom. The Balaban J connectivity index is 1.47. The number of benzene rings is 3. The Bertz CT molecular complexity index is 1410. The van der Waals surface area contributed by atoms with Crippen molar-refractivity contribution in [1.82, 2.24) is 19.5 Å². The molecule has 7 heteroatoms. The number of carbonyl (C=O) groups is 1. The molecule has 5 aromatic rings. The van der Waals surface area contributed by atoms with Gasteiger partial charge in [-0.3, -0.25) is 5.32 Å². The molecule has 7 nitrogen and oxygen atoms in total. The summed E-state index contributed by atoms with van der Waals surface area (Å²) >= 11 is 0. The fourth-order valence-electron chi connectivity index (χ4n) is 3.67. The predicted molar refractivity (Wildman–Crippen MR) is 127 cm³/mol. The lowest BCUT2D eigenvalue weighted by Gasteiger charge is -2.11. The number of carbonyl (C=O) groups excluding carboxylic acids is 1. The largest absolute Gasteiger partial charge is 0.465 e. The molecule has 2 heterocycles. The van der Waals surface area contributed by atoms with Gasteiger partial charge in [0.2, 0.25) is 11.9 Å². The maximum Gasteiger partial charge on any atom is 0.337 e. The van der Waals surface area contributed by atoms with Gasteiger partial charge in [0.1, 0.15) is 0 Å². The van der Waals surface area contributed by atoms with Crippen LogP contribution in [0.2, 0.25) is 0 Å². The number of imidazole rings is 1. The minimum atomic E-state index is -0.371. The summed E-state index contributed by atoms with van der Waals surface area (Å²) in [6.45, 7) is 0.665. The average molecular weight is 435 g/mol. The summed E-state index contributed by atoms with van der Waals surface area (Å²) in [5.41, 5.74) is 5.18. The molecule has 0 spiro atoms. The second kappa shape index (κ2) is 8.92. The predicted octanol–water partition coefficient (Wildman–Crippen LogP) is 5.07. The van der Waals surface area contributed by atoms with Crippen molar-refractivity contribution in [1.29, 1.82) is 0 Å². The van der Waals surface area contributed by atoms with E-state index in [0.29, 0.717) is 24.0 Å². The van der Waals surface area contributed by atoms with Crippen LogP contribution < -0.4 is 5.32 Å². The van der Waals surface area contributed by atoms with Gasteiger partial charge in [-0.1, -0.05) is 54.6 Å². The van der Waals surface area contributed by atoms with E-state index in [-0.39, 0.29) is 5.97 Å². The molecule has 0 atom stereocenters. The van der Waals surface area contributed by atoms with Gasteiger partial charge < -0.3 is 9.30 Å². The third-order valence-corrected chi connectivity index (χ3v) is 5.32. The van der Waals surface area contributed by atoms with Crippen molar-refractivity contribution in [2.24, 2.45) is 0 Å². The fraction of sp³-hybridized carbons (Fsp3) is 0.0769. The summed E-state index contributed by atoms with van der Waals surface area (Å²) in [4.78, 5) is 25.5. The molecule has 2 aromatic heterocycles. The van der Waals surface area contributed by atoms with Gasteiger partial charge in [-0.2, -0.15) is 0 Å². The van der Waals surface area contributed by atoms with E-state index >= 15 is 0 Å². The van der Waals surface area contributed by atoms with Crippen molar-refractivity contribution >= 4 is 28.9 Å². The van der Waals surface area contributed by atoms with Crippen LogP contribution >= 0.6 is 0 Å². The van der Waals surface area contributed by atoms with Crippen LogP contribution in [0.25, 0.3) is 22.3 Å². The normalized spacial score (nSPS) is 10.8. The van der Waals surface area contributed by atoms with Crippen LogP contribution in [0.5, 0.6) is 0 Å². The van der Waals surface area contributed by atoms with Gasteiger partial charge in [0.25, 0.3) is 0 Å². The van der Waals surface area contributed by atoms with Gasteiger partial charge in [-0.05, 0) is 35.9 Å². The Morgan fingerprint density at radius 1 is 0.909 bits per heavy atom. The summed E-state index contributed by atoms with van der Waals surface area (Å²) in [7, 11) is 1.36. The third-order valence-electron chi connectivity index (χ3n) is 5.32. The molecule has 5 rings (SSSR count). The smallest absolute Gasteiger partial charge is 0.337 e. The highest BCUT2D eigenvalue weighted by molar-refractivity contribution is 5.89. The van der Waals surface area contributed by atoms with E-state index in [1.54, 1.807) is 18.3 Å². The number of nitrogens with zero attached hydrogens (tertiary/aromatic N) is 4. The zero-order valence-electron chi connectivity index (χ0n) is 18.0. The van der Waals surface area contributed by atoms with Gasteiger partial charge in [0.15, 0.2) is 0 Å². The first kappa shape index (κ1) is 20.4. The Hall–Kier alpha value is -4.52. The molecular weight excluding hydrogens is 414 g/mol. The number of ether oxygens (including phenoxy) is 1. The van der Waals surface area contributed by atoms with Crippen LogP contribution in [0, 0.1) is 0 Å². The summed E-state index contributed by atoms with van der Waals surface area (Å²) in [6.07, 6.45) is 1.70. The number of aromatic nitrogens is 4. The molecule has 3 aromatic carbocycles. The number of esters is 1. The quantitative estimate of drug-likeness (QED) is 0.375. The van der Waals surface area contributed by atoms with Crippen LogP contribution in [0.3, 0.4) is 0 Å². The van der Waals surface area contributed by atoms with E-state index in [2.05, 4.69) is 38.1 Å². The van der Waals surface area contributed by atoms with E-state index in [0.717, 1.165) is 22.3 Å². The summed E-state index contributed by atoms with van der Waals surface area (Å²) in [5, 5.41) is 3.29. The van der Waals surface area contributed by atoms with Crippen molar-refractivity contribution in [2.75, 3.05) is 12.4 Å². The SMILES string of the molecule is COC(=O)c1ccc(-c2ccnc(Nc3nc4ccccc4n3Cc3ccccc3)n2)cc1. The van der Waals surface area contributed by atoms with Gasteiger partial charge in [-0.25, -0.2) is 19.7 Å². The van der Waals surface area contributed by atoms with Gasteiger partial charge in [-0.15, -0.1) is 0 Å². The Morgan fingerprint density at radius 3 is 2.45 bits per heavy atom. The van der Waals surface area contributed by atoms with Gasteiger partial charge in [0, 0.05) is 11.8 Å². The standard InChI is InChI=1S/C26H21N5O2/c1-33-24(32)20-13-11-19(12-14-20)21-15-16-27-25(28-21)30-26-29-22-9-5-6-10-23(22)31(26)17-18-7-3-2-4-8-18/h2-16H,17H2,1H3,(H,27,28,29,30). The lowest BCUT2D eigenvalue weighted by atomic mass is 10.1. The highest BCUT2D eigenvalue weighted by Crippen LogP contribution is 2.24. The number of rotatable bonds is 6. The highest BCUT2D eigenvalue weighted by Gasteiger charge is 2.13. The van der Waals surface area contributed by atoms with E-state index in [1.165, 1.54) is 12.7 Å². The minimum absolute atomic E-state index is 0.371.